The number of nitrogens with zero attached hydrogens (tertiary/aromatic N) is 1. The van der Waals surface area contributed by atoms with Crippen molar-refractivity contribution in [3.8, 4) is 11.5 Å². The van der Waals surface area contributed by atoms with Gasteiger partial charge in [-0.05, 0) is 63.0 Å². The number of amidine groups is 1. The second kappa shape index (κ2) is 12.2. The quantitative estimate of drug-likeness (QED) is 0.190. The number of fused-ring (bicyclic) bond motifs is 1. The lowest BCUT2D eigenvalue weighted by Crippen LogP contribution is -2.42. The van der Waals surface area contributed by atoms with Crippen molar-refractivity contribution in [2.24, 2.45) is 4.99 Å². The van der Waals surface area contributed by atoms with Crippen molar-refractivity contribution in [2.45, 2.75) is 38.6 Å². The van der Waals surface area contributed by atoms with E-state index in [0.717, 1.165) is 31.5 Å². The molecule has 2 aromatic carbocycles. The number of aryl methyl sites for hydroxylation is 1. The molecule has 2 aromatic rings. The normalized spacial score (nSPS) is 16.4. The number of aliphatic imine (C=N–C) groups is 1. The second-order valence-electron chi connectivity index (χ2n) is 9.03. The summed E-state index contributed by atoms with van der Waals surface area (Å²) in [5.74, 6) is -0.296. The number of Topliss-reactive ketones (excluding diaryl/α,β-unsaturated/α-hetero) is 1. The standard InChI is InChI=1S/C28H30ClFN4O4/c1-4-20(29)28(38-24-7-5-6-17-8-9-23(35)26(17)24)33-16(2)32-22-15-21(30)19(14-25(22)37-3)27(36)34-18-10-12-31-13-11-18/h4-7,14-15,18,31H,1,8-13H2,2-3H3,(H,32,33)(H,34,36)/b28-20-. The van der Waals surface area contributed by atoms with Gasteiger partial charge in [-0.15, -0.1) is 0 Å². The molecule has 1 saturated heterocycles. The van der Waals surface area contributed by atoms with E-state index in [9.17, 15) is 9.59 Å². The molecule has 10 heteroatoms. The summed E-state index contributed by atoms with van der Waals surface area (Å²) in [6.07, 6.45) is 4.01. The second-order valence-corrected chi connectivity index (χ2v) is 9.43. The van der Waals surface area contributed by atoms with E-state index in [4.69, 9.17) is 21.1 Å². The maximum atomic E-state index is 15.0. The van der Waals surface area contributed by atoms with E-state index in [1.54, 1.807) is 19.1 Å². The van der Waals surface area contributed by atoms with Crippen LogP contribution in [-0.4, -0.2) is 43.8 Å². The maximum absolute atomic E-state index is 15.0. The molecule has 1 heterocycles. The number of carbonyl (C=O) groups is 2. The van der Waals surface area contributed by atoms with Crippen LogP contribution in [0.1, 0.15) is 52.5 Å². The number of carbonyl (C=O) groups excluding carboxylic acids is 2. The first-order valence-corrected chi connectivity index (χ1v) is 12.7. The molecule has 3 N–H and O–H groups in total. The first-order valence-electron chi connectivity index (χ1n) is 12.4. The number of allylic oxidation sites excluding steroid dienone is 2. The topological polar surface area (TPSA) is 101 Å². The molecule has 0 aromatic heterocycles. The van der Waals surface area contributed by atoms with E-state index in [0.29, 0.717) is 30.0 Å². The smallest absolute Gasteiger partial charge is 0.254 e. The molecule has 1 fully saturated rings. The third-order valence-electron chi connectivity index (χ3n) is 6.40. The van der Waals surface area contributed by atoms with Gasteiger partial charge in [-0.1, -0.05) is 30.3 Å². The van der Waals surface area contributed by atoms with Gasteiger partial charge in [-0.2, -0.15) is 4.99 Å². The number of amides is 1. The van der Waals surface area contributed by atoms with Crippen LogP contribution in [0.5, 0.6) is 11.5 Å². The number of anilines is 1. The summed E-state index contributed by atoms with van der Waals surface area (Å²) < 4.78 is 26.4. The van der Waals surface area contributed by atoms with Crippen molar-refractivity contribution in [3.05, 3.63) is 76.4 Å². The van der Waals surface area contributed by atoms with Crippen LogP contribution in [0.2, 0.25) is 0 Å². The SMILES string of the molecule is C=C/C(Cl)=C(\N=C(/C)Nc1cc(F)c(C(=O)NC2CCNCC2)cc1OC)Oc1cccc2c1C(=O)CC2. The van der Waals surface area contributed by atoms with Gasteiger partial charge in [0.25, 0.3) is 5.91 Å². The van der Waals surface area contributed by atoms with Crippen molar-refractivity contribution >= 4 is 34.8 Å². The van der Waals surface area contributed by atoms with Crippen LogP contribution in [0.4, 0.5) is 10.1 Å². The number of piperidine rings is 1. The first kappa shape index (κ1) is 27.3. The van der Waals surface area contributed by atoms with Gasteiger partial charge in [-0.25, -0.2) is 4.39 Å². The zero-order valence-electron chi connectivity index (χ0n) is 21.3. The summed E-state index contributed by atoms with van der Waals surface area (Å²) in [6, 6.07) is 7.89. The highest BCUT2D eigenvalue weighted by atomic mass is 35.5. The Labute approximate surface area is 226 Å². The Morgan fingerprint density at radius 3 is 2.71 bits per heavy atom. The van der Waals surface area contributed by atoms with Crippen molar-refractivity contribution in [3.63, 3.8) is 0 Å². The molecule has 2 aliphatic rings. The number of hydrogen-bond donors (Lipinski definition) is 3. The monoisotopic (exact) mass is 540 g/mol. The largest absolute Gasteiger partial charge is 0.495 e. The fourth-order valence-corrected chi connectivity index (χ4v) is 4.56. The minimum absolute atomic E-state index is 0.00649. The van der Waals surface area contributed by atoms with Gasteiger partial charge >= 0.3 is 0 Å². The number of ketones is 1. The van der Waals surface area contributed by atoms with E-state index in [-0.39, 0.29) is 39.7 Å². The minimum atomic E-state index is -0.706. The Kier molecular flexibility index (Phi) is 8.81. The van der Waals surface area contributed by atoms with Crippen molar-refractivity contribution in [1.82, 2.24) is 10.6 Å². The number of methoxy groups -OCH3 is 1. The third kappa shape index (κ3) is 6.23. The molecule has 200 valence electrons. The van der Waals surface area contributed by atoms with E-state index < -0.39 is 11.7 Å². The molecule has 0 atom stereocenters. The molecule has 8 nitrogen and oxygen atoms in total. The zero-order chi connectivity index (χ0) is 27.2. The zero-order valence-corrected chi connectivity index (χ0v) is 22.1. The summed E-state index contributed by atoms with van der Waals surface area (Å²) >= 11 is 6.32. The van der Waals surface area contributed by atoms with Crippen LogP contribution in [-0.2, 0) is 6.42 Å². The predicted molar refractivity (Wildman–Crippen MR) is 146 cm³/mol. The van der Waals surface area contributed by atoms with Crippen molar-refractivity contribution < 1.29 is 23.5 Å². The summed E-state index contributed by atoms with van der Waals surface area (Å²) in [7, 11) is 1.43. The summed E-state index contributed by atoms with van der Waals surface area (Å²) in [5.41, 5.74) is 1.57. The molecule has 0 saturated carbocycles. The van der Waals surface area contributed by atoms with Gasteiger partial charge in [0.15, 0.2) is 5.78 Å². The molecule has 38 heavy (non-hydrogen) atoms. The Hall–Kier alpha value is -3.69. The molecule has 0 radical (unpaired) electrons. The van der Waals surface area contributed by atoms with Gasteiger partial charge in [0, 0.05) is 18.5 Å². The van der Waals surface area contributed by atoms with Gasteiger partial charge in [0.05, 0.1) is 23.9 Å². The summed E-state index contributed by atoms with van der Waals surface area (Å²) in [6.45, 7) is 6.91. The number of benzene rings is 2. The summed E-state index contributed by atoms with van der Waals surface area (Å²) in [4.78, 5) is 29.5. The predicted octanol–water partition coefficient (Wildman–Crippen LogP) is 4.95. The van der Waals surface area contributed by atoms with Gasteiger partial charge < -0.3 is 25.4 Å². The fraction of sp³-hybridized carbons (Fsp3) is 0.321. The maximum Gasteiger partial charge on any atom is 0.254 e. The Bertz CT molecular complexity index is 1320. The minimum Gasteiger partial charge on any atom is -0.495 e. The highest BCUT2D eigenvalue weighted by molar-refractivity contribution is 6.31. The van der Waals surface area contributed by atoms with Crippen molar-refractivity contribution in [1.29, 1.82) is 0 Å². The van der Waals surface area contributed by atoms with Crippen LogP contribution in [0, 0.1) is 5.82 Å². The summed E-state index contributed by atoms with van der Waals surface area (Å²) in [5, 5.41) is 9.21. The first-order chi connectivity index (χ1) is 18.3. The molecular weight excluding hydrogens is 511 g/mol. The number of nitrogens with one attached hydrogen (secondary N) is 3. The van der Waals surface area contributed by atoms with Crippen LogP contribution >= 0.6 is 11.6 Å². The lowest BCUT2D eigenvalue weighted by molar-refractivity contribution is 0.0924. The molecule has 1 aliphatic heterocycles. The fourth-order valence-electron chi connectivity index (χ4n) is 4.47. The number of rotatable bonds is 8. The van der Waals surface area contributed by atoms with Crippen molar-refractivity contribution in [2.75, 3.05) is 25.5 Å². The molecule has 0 spiro atoms. The lowest BCUT2D eigenvalue weighted by Gasteiger charge is -2.24. The highest BCUT2D eigenvalue weighted by Crippen LogP contribution is 2.33. The number of ether oxygens (including phenoxy) is 2. The van der Waals surface area contributed by atoms with E-state index in [1.807, 2.05) is 6.07 Å². The van der Waals surface area contributed by atoms with Crippen LogP contribution in [0.25, 0.3) is 0 Å². The Morgan fingerprint density at radius 1 is 1.24 bits per heavy atom. The third-order valence-corrected chi connectivity index (χ3v) is 6.71. The van der Waals surface area contributed by atoms with Crippen LogP contribution in [0.3, 0.4) is 0 Å². The van der Waals surface area contributed by atoms with E-state index >= 15 is 4.39 Å². The van der Waals surface area contributed by atoms with Gasteiger partial charge in [0.2, 0.25) is 5.88 Å². The van der Waals surface area contributed by atoms with Crippen LogP contribution < -0.4 is 25.4 Å². The Balaban J connectivity index is 1.56. The molecule has 1 amide bonds. The average molecular weight is 541 g/mol. The average Bonchev–Trinajstić information content (AvgIpc) is 3.30. The van der Waals surface area contributed by atoms with E-state index in [1.165, 1.54) is 25.3 Å². The van der Waals surface area contributed by atoms with Crippen LogP contribution in [0.15, 0.2) is 58.9 Å². The number of hydrogen-bond acceptors (Lipinski definition) is 6. The van der Waals surface area contributed by atoms with E-state index in [2.05, 4.69) is 27.5 Å². The highest BCUT2D eigenvalue weighted by Gasteiger charge is 2.25. The van der Waals surface area contributed by atoms with Gasteiger partial charge in [-0.3, -0.25) is 9.59 Å². The Morgan fingerprint density at radius 2 is 2.00 bits per heavy atom. The van der Waals surface area contributed by atoms with Gasteiger partial charge in [0.1, 0.15) is 28.2 Å². The molecule has 0 unspecified atom stereocenters. The molecule has 1 aliphatic carbocycles. The number of halogens is 2. The molecule has 4 rings (SSSR count). The lowest BCUT2D eigenvalue weighted by atomic mass is 10.1. The molecule has 0 bridgehead atoms. The molecular formula is C28H30ClFN4O4.